The van der Waals surface area contributed by atoms with Gasteiger partial charge in [0.15, 0.2) is 0 Å². The lowest BCUT2D eigenvalue weighted by Gasteiger charge is -2.33. The van der Waals surface area contributed by atoms with Crippen LogP contribution >= 0.6 is 23.2 Å². The van der Waals surface area contributed by atoms with Crippen LogP contribution in [0.5, 0.6) is 0 Å². The molecule has 0 saturated carbocycles. The Kier molecular flexibility index (Phi) is 3.53. The summed E-state index contributed by atoms with van der Waals surface area (Å²) in [5.41, 5.74) is 8.71. The Labute approximate surface area is 113 Å². The Morgan fingerprint density at radius 1 is 1.24 bits per heavy atom. The van der Waals surface area contributed by atoms with E-state index in [4.69, 9.17) is 28.9 Å². The van der Waals surface area contributed by atoms with Crippen molar-refractivity contribution in [1.82, 2.24) is 0 Å². The molecule has 1 nitrogen and oxygen atoms in total. The highest BCUT2D eigenvalue weighted by Gasteiger charge is 2.27. The minimum absolute atomic E-state index is 0.128. The molecule has 0 aliphatic heterocycles. The van der Waals surface area contributed by atoms with Gasteiger partial charge >= 0.3 is 0 Å². The van der Waals surface area contributed by atoms with E-state index in [0.29, 0.717) is 10.0 Å². The molecule has 0 heterocycles. The van der Waals surface area contributed by atoms with Gasteiger partial charge in [0, 0.05) is 6.04 Å². The van der Waals surface area contributed by atoms with Crippen molar-refractivity contribution in [2.24, 2.45) is 11.1 Å². The van der Waals surface area contributed by atoms with Crippen molar-refractivity contribution in [3.63, 3.8) is 0 Å². The molecule has 1 unspecified atom stereocenters. The van der Waals surface area contributed by atoms with Gasteiger partial charge in [-0.25, -0.2) is 0 Å². The molecule has 0 bridgehead atoms. The maximum atomic E-state index is 6.07. The van der Waals surface area contributed by atoms with Gasteiger partial charge < -0.3 is 5.73 Å². The van der Waals surface area contributed by atoms with Crippen molar-refractivity contribution < 1.29 is 0 Å². The Morgan fingerprint density at radius 3 is 2.53 bits per heavy atom. The molecule has 0 amide bonds. The molecule has 2 N–H and O–H groups in total. The molecule has 0 saturated heterocycles. The first kappa shape index (κ1) is 12.9. The molecule has 1 atom stereocenters. The molecule has 3 heteroatoms. The van der Waals surface area contributed by atoms with Gasteiger partial charge in [-0.3, -0.25) is 0 Å². The van der Waals surface area contributed by atoms with E-state index in [-0.39, 0.29) is 11.5 Å². The van der Waals surface area contributed by atoms with Crippen molar-refractivity contribution in [2.75, 3.05) is 0 Å². The number of nitrogens with two attached hydrogens (primary N) is 1. The standard InChI is InChI=1S/C14H17Cl2N/c1-14(2)7-10(5-11(17)8-14)9-3-4-12(15)13(16)6-9/h3-6,11H,7-8,17H2,1-2H3. The first-order chi connectivity index (χ1) is 7.87. The second kappa shape index (κ2) is 4.64. The van der Waals surface area contributed by atoms with Crippen LogP contribution in [0, 0.1) is 5.41 Å². The smallest absolute Gasteiger partial charge is 0.0598 e. The molecule has 92 valence electrons. The zero-order valence-corrected chi connectivity index (χ0v) is 11.6. The zero-order chi connectivity index (χ0) is 12.6. The summed E-state index contributed by atoms with van der Waals surface area (Å²) in [5.74, 6) is 0. The van der Waals surface area contributed by atoms with Crippen LogP contribution in [0.3, 0.4) is 0 Å². The first-order valence-corrected chi connectivity index (χ1v) is 6.55. The van der Waals surface area contributed by atoms with Crippen molar-refractivity contribution in [3.05, 3.63) is 39.9 Å². The predicted molar refractivity (Wildman–Crippen MR) is 75.4 cm³/mol. The lowest BCUT2D eigenvalue weighted by Crippen LogP contribution is -2.30. The van der Waals surface area contributed by atoms with Crippen LogP contribution in [-0.2, 0) is 0 Å². The fourth-order valence-corrected chi connectivity index (χ4v) is 2.79. The number of hydrogen-bond acceptors (Lipinski definition) is 1. The van der Waals surface area contributed by atoms with E-state index in [1.165, 1.54) is 5.57 Å². The van der Waals surface area contributed by atoms with Crippen molar-refractivity contribution >= 4 is 28.8 Å². The fraction of sp³-hybridized carbons (Fsp3) is 0.429. The van der Waals surface area contributed by atoms with Crippen LogP contribution in [0.4, 0.5) is 0 Å². The highest BCUT2D eigenvalue weighted by Crippen LogP contribution is 2.40. The summed E-state index contributed by atoms with van der Waals surface area (Å²) in [5, 5.41) is 1.19. The van der Waals surface area contributed by atoms with E-state index in [1.807, 2.05) is 18.2 Å². The molecule has 1 aromatic carbocycles. The zero-order valence-electron chi connectivity index (χ0n) is 10.1. The summed E-state index contributed by atoms with van der Waals surface area (Å²) >= 11 is 12.0. The van der Waals surface area contributed by atoms with Gasteiger partial charge in [0.1, 0.15) is 0 Å². The molecule has 0 radical (unpaired) electrons. The fourth-order valence-electron chi connectivity index (χ4n) is 2.50. The van der Waals surface area contributed by atoms with E-state index in [0.717, 1.165) is 18.4 Å². The average molecular weight is 270 g/mol. The summed E-state index contributed by atoms with van der Waals surface area (Å²) in [6.45, 7) is 4.49. The second-order valence-electron chi connectivity index (χ2n) is 5.53. The number of rotatable bonds is 1. The Morgan fingerprint density at radius 2 is 1.94 bits per heavy atom. The first-order valence-electron chi connectivity index (χ1n) is 5.79. The maximum Gasteiger partial charge on any atom is 0.0598 e. The Hall–Kier alpha value is -0.500. The minimum Gasteiger partial charge on any atom is -0.324 e. The molecule has 0 spiro atoms. The molecule has 2 rings (SSSR count). The monoisotopic (exact) mass is 269 g/mol. The van der Waals surface area contributed by atoms with Crippen LogP contribution in [-0.4, -0.2) is 6.04 Å². The number of hydrogen-bond donors (Lipinski definition) is 1. The largest absolute Gasteiger partial charge is 0.324 e. The van der Waals surface area contributed by atoms with Gasteiger partial charge in [-0.1, -0.05) is 49.2 Å². The second-order valence-corrected chi connectivity index (χ2v) is 6.34. The summed E-state index contributed by atoms with van der Waals surface area (Å²) in [6, 6.07) is 5.90. The van der Waals surface area contributed by atoms with Crippen molar-refractivity contribution in [1.29, 1.82) is 0 Å². The maximum absolute atomic E-state index is 6.07. The van der Waals surface area contributed by atoms with Crippen molar-refractivity contribution in [3.8, 4) is 0 Å². The summed E-state index contributed by atoms with van der Waals surface area (Å²) in [7, 11) is 0. The SMILES string of the molecule is CC1(C)CC(c2ccc(Cl)c(Cl)c2)=CC(N)C1. The summed E-state index contributed by atoms with van der Waals surface area (Å²) in [4.78, 5) is 0. The molecular weight excluding hydrogens is 253 g/mol. The molecule has 1 aliphatic rings. The van der Waals surface area contributed by atoms with Crippen LogP contribution < -0.4 is 5.73 Å². The van der Waals surface area contributed by atoms with E-state index in [1.54, 1.807) is 0 Å². The number of halogens is 2. The third-order valence-corrected chi connectivity index (χ3v) is 3.90. The van der Waals surface area contributed by atoms with Gasteiger partial charge in [0.25, 0.3) is 0 Å². The van der Waals surface area contributed by atoms with E-state index < -0.39 is 0 Å². The minimum atomic E-state index is 0.128. The highest BCUT2D eigenvalue weighted by molar-refractivity contribution is 6.42. The van der Waals surface area contributed by atoms with Gasteiger partial charge in [-0.2, -0.15) is 0 Å². The van der Waals surface area contributed by atoms with E-state index in [9.17, 15) is 0 Å². The molecule has 17 heavy (non-hydrogen) atoms. The van der Waals surface area contributed by atoms with Crippen LogP contribution in [0.15, 0.2) is 24.3 Å². The van der Waals surface area contributed by atoms with Crippen LogP contribution in [0.1, 0.15) is 32.3 Å². The number of benzene rings is 1. The van der Waals surface area contributed by atoms with Gasteiger partial charge in [0.05, 0.1) is 10.0 Å². The van der Waals surface area contributed by atoms with Gasteiger partial charge in [-0.15, -0.1) is 0 Å². The highest BCUT2D eigenvalue weighted by atomic mass is 35.5. The van der Waals surface area contributed by atoms with Gasteiger partial charge in [0.2, 0.25) is 0 Å². The quantitative estimate of drug-likeness (QED) is 0.797. The van der Waals surface area contributed by atoms with Crippen LogP contribution in [0.2, 0.25) is 10.0 Å². The third kappa shape index (κ3) is 3.04. The van der Waals surface area contributed by atoms with Crippen molar-refractivity contribution in [2.45, 2.75) is 32.7 Å². The molecule has 0 fully saturated rings. The van der Waals surface area contributed by atoms with Crippen LogP contribution in [0.25, 0.3) is 5.57 Å². The van der Waals surface area contributed by atoms with Gasteiger partial charge in [-0.05, 0) is 41.5 Å². The molecular formula is C14H17Cl2N. The normalized spacial score (nSPS) is 23.4. The molecule has 1 aromatic rings. The van der Waals surface area contributed by atoms with E-state index in [2.05, 4.69) is 19.9 Å². The number of allylic oxidation sites excluding steroid dienone is 1. The topological polar surface area (TPSA) is 26.0 Å². The summed E-state index contributed by atoms with van der Waals surface area (Å²) in [6.07, 6.45) is 4.20. The third-order valence-electron chi connectivity index (χ3n) is 3.16. The van der Waals surface area contributed by atoms with E-state index >= 15 is 0 Å². The predicted octanol–water partition coefficient (Wildman–Crippen LogP) is 4.52. The Balaban J connectivity index is 2.36. The average Bonchev–Trinajstić information content (AvgIpc) is 2.19. The molecule has 1 aliphatic carbocycles. The lowest BCUT2D eigenvalue weighted by molar-refractivity contribution is 0.319. The Bertz CT molecular complexity index is 463. The lowest BCUT2D eigenvalue weighted by atomic mass is 9.74. The molecule has 0 aromatic heterocycles. The summed E-state index contributed by atoms with van der Waals surface area (Å²) < 4.78 is 0.